The smallest absolute Gasteiger partial charge is 0.0120 e. The maximum atomic E-state index is 2.78. The predicted molar refractivity (Wildman–Crippen MR) is 94.3 cm³/mol. The molecule has 3 aliphatic rings. The molecule has 0 amide bonds. The Morgan fingerprint density at radius 3 is 2.09 bits per heavy atom. The van der Waals surface area contributed by atoms with Gasteiger partial charge in [0, 0.05) is 19.1 Å². The fourth-order valence-corrected chi connectivity index (χ4v) is 4.84. The van der Waals surface area contributed by atoms with E-state index in [0.717, 1.165) is 17.9 Å². The highest BCUT2D eigenvalue weighted by Gasteiger charge is 2.30. The van der Waals surface area contributed by atoms with Crippen molar-refractivity contribution in [1.29, 1.82) is 0 Å². The van der Waals surface area contributed by atoms with Crippen molar-refractivity contribution >= 4 is 0 Å². The summed E-state index contributed by atoms with van der Waals surface area (Å²) in [5.74, 6) is 1.91. The molecule has 3 nitrogen and oxygen atoms in total. The van der Waals surface area contributed by atoms with Crippen LogP contribution in [0.15, 0.2) is 0 Å². The predicted octanol–water partition coefficient (Wildman–Crippen LogP) is 2.91. The van der Waals surface area contributed by atoms with E-state index in [0.29, 0.717) is 0 Å². The first kappa shape index (κ1) is 16.7. The normalized spacial score (nSPS) is 31.1. The van der Waals surface area contributed by atoms with Crippen LogP contribution in [0.3, 0.4) is 0 Å². The number of hydrogen-bond donors (Lipinski definition) is 0. The van der Waals surface area contributed by atoms with Crippen molar-refractivity contribution in [2.75, 3.05) is 52.4 Å². The van der Waals surface area contributed by atoms with Gasteiger partial charge in [0.05, 0.1) is 0 Å². The molecule has 0 aromatic heterocycles. The molecule has 0 bridgehead atoms. The van der Waals surface area contributed by atoms with Gasteiger partial charge in [-0.3, -0.25) is 0 Å². The standard InChI is InChI=1S/C19H37N3/c1-3-9-20-10-5-18(6-11-20)16-21-12-7-19(8-13-21)22-14-4-17(2)15-22/h17-19H,3-16H2,1-2H3. The first-order chi connectivity index (χ1) is 10.7. The van der Waals surface area contributed by atoms with Crippen LogP contribution in [0.1, 0.15) is 52.4 Å². The van der Waals surface area contributed by atoms with E-state index in [2.05, 4.69) is 28.5 Å². The van der Waals surface area contributed by atoms with Crippen molar-refractivity contribution in [1.82, 2.24) is 14.7 Å². The van der Waals surface area contributed by atoms with Crippen molar-refractivity contribution in [2.24, 2.45) is 11.8 Å². The second-order valence-corrected chi connectivity index (χ2v) is 8.21. The highest BCUT2D eigenvalue weighted by atomic mass is 15.2. The minimum absolute atomic E-state index is 0.896. The molecule has 22 heavy (non-hydrogen) atoms. The first-order valence-electron chi connectivity index (χ1n) is 9.93. The van der Waals surface area contributed by atoms with Crippen molar-refractivity contribution in [3.8, 4) is 0 Å². The van der Waals surface area contributed by atoms with Gasteiger partial charge in [-0.15, -0.1) is 0 Å². The van der Waals surface area contributed by atoms with Gasteiger partial charge in [0.25, 0.3) is 0 Å². The van der Waals surface area contributed by atoms with E-state index in [1.807, 2.05) is 0 Å². The summed E-state index contributed by atoms with van der Waals surface area (Å²) < 4.78 is 0. The molecule has 0 radical (unpaired) electrons. The average molecular weight is 308 g/mol. The maximum absolute atomic E-state index is 2.78. The van der Waals surface area contributed by atoms with Gasteiger partial charge in [-0.05, 0) is 89.6 Å². The zero-order valence-corrected chi connectivity index (χ0v) is 15.0. The Morgan fingerprint density at radius 1 is 0.818 bits per heavy atom. The van der Waals surface area contributed by atoms with E-state index in [1.54, 1.807) is 0 Å². The number of hydrogen-bond acceptors (Lipinski definition) is 3. The van der Waals surface area contributed by atoms with E-state index < -0.39 is 0 Å². The van der Waals surface area contributed by atoms with Gasteiger partial charge < -0.3 is 14.7 Å². The lowest BCUT2D eigenvalue weighted by Crippen LogP contribution is -2.46. The van der Waals surface area contributed by atoms with Crippen molar-refractivity contribution < 1.29 is 0 Å². The lowest BCUT2D eigenvalue weighted by molar-refractivity contribution is 0.0940. The molecular weight excluding hydrogens is 270 g/mol. The van der Waals surface area contributed by atoms with Crippen LogP contribution >= 0.6 is 0 Å². The molecule has 3 heterocycles. The third-order valence-electron chi connectivity index (χ3n) is 6.29. The minimum atomic E-state index is 0.896. The van der Waals surface area contributed by atoms with E-state index in [4.69, 9.17) is 0 Å². The number of likely N-dealkylation sites (tertiary alicyclic amines) is 3. The van der Waals surface area contributed by atoms with Crippen molar-refractivity contribution in [3.63, 3.8) is 0 Å². The molecule has 0 aromatic rings. The van der Waals surface area contributed by atoms with Gasteiger partial charge in [-0.25, -0.2) is 0 Å². The summed E-state index contributed by atoms with van der Waals surface area (Å²) in [6, 6.07) is 0.896. The minimum Gasteiger partial charge on any atom is -0.303 e. The SMILES string of the molecule is CCCN1CCC(CN2CCC(N3CCC(C)C3)CC2)CC1. The van der Waals surface area contributed by atoms with Crippen LogP contribution in [0.25, 0.3) is 0 Å². The molecule has 3 aliphatic heterocycles. The van der Waals surface area contributed by atoms with E-state index in [9.17, 15) is 0 Å². The first-order valence-corrected chi connectivity index (χ1v) is 9.93. The quantitative estimate of drug-likeness (QED) is 0.773. The molecule has 0 aliphatic carbocycles. The van der Waals surface area contributed by atoms with E-state index in [1.165, 1.54) is 90.9 Å². The van der Waals surface area contributed by atoms with Gasteiger partial charge in [0.2, 0.25) is 0 Å². The Morgan fingerprint density at radius 2 is 1.50 bits per heavy atom. The third kappa shape index (κ3) is 4.46. The fraction of sp³-hybridized carbons (Fsp3) is 1.00. The fourth-order valence-electron chi connectivity index (χ4n) is 4.84. The number of nitrogens with zero attached hydrogens (tertiary/aromatic N) is 3. The Hall–Kier alpha value is -0.120. The van der Waals surface area contributed by atoms with Crippen molar-refractivity contribution in [3.05, 3.63) is 0 Å². The highest BCUT2D eigenvalue weighted by molar-refractivity contribution is 4.85. The van der Waals surface area contributed by atoms with Crippen LogP contribution in [-0.4, -0.2) is 73.1 Å². The molecule has 3 saturated heterocycles. The molecule has 0 aromatic carbocycles. The summed E-state index contributed by atoms with van der Waals surface area (Å²) in [5.41, 5.74) is 0. The van der Waals surface area contributed by atoms with Crippen LogP contribution in [0.4, 0.5) is 0 Å². The lowest BCUT2D eigenvalue weighted by Gasteiger charge is -2.39. The van der Waals surface area contributed by atoms with Gasteiger partial charge in [-0.1, -0.05) is 13.8 Å². The Labute approximate surface area is 138 Å². The monoisotopic (exact) mass is 307 g/mol. The Bertz CT molecular complexity index is 317. The molecule has 128 valence electrons. The molecule has 3 heteroatoms. The Kier molecular flexibility index (Phi) is 6.17. The van der Waals surface area contributed by atoms with Crippen LogP contribution in [0, 0.1) is 11.8 Å². The molecular formula is C19H37N3. The lowest BCUT2D eigenvalue weighted by atomic mass is 9.94. The van der Waals surface area contributed by atoms with E-state index in [-0.39, 0.29) is 0 Å². The number of piperidine rings is 2. The summed E-state index contributed by atoms with van der Waals surface area (Å²) >= 11 is 0. The van der Waals surface area contributed by atoms with Gasteiger partial charge in [0.1, 0.15) is 0 Å². The second kappa shape index (κ2) is 8.12. The molecule has 3 rings (SSSR count). The van der Waals surface area contributed by atoms with Gasteiger partial charge >= 0.3 is 0 Å². The topological polar surface area (TPSA) is 9.72 Å². The van der Waals surface area contributed by atoms with Crippen molar-refractivity contribution in [2.45, 2.75) is 58.4 Å². The Balaban J connectivity index is 1.34. The average Bonchev–Trinajstić information content (AvgIpc) is 2.97. The molecule has 0 saturated carbocycles. The van der Waals surface area contributed by atoms with E-state index >= 15 is 0 Å². The van der Waals surface area contributed by atoms with Crippen LogP contribution in [0.2, 0.25) is 0 Å². The van der Waals surface area contributed by atoms with Crippen LogP contribution in [0.5, 0.6) is 0 Å². The zero-order valence-electron chi connectivity index (χ0n) is 15.0. The summed E-state index contributed by atoms with van der Waals surface area (Å²) in [6.45, 7) is 15.5. The molecule has 1 unspecified atom stereocenters. The number of rotatable bonds is 5. The van der Waals surface area contributed by atoms with Crippen LogP contribution < -0.4 is 0 Å². The summed E-state index contributed by atoms with van der Waals surface area (Å²) in [4.78, 5) is 8.22. The highest BCUT2D eigenvalue weighted by Crippen LogP contribution is 2.25. The molecule has 3 fully saturated rings. The third-order valence-corrected chi connectivity index (χ3v) is 6.29. The largest absolute Gasteiger partial charge is 0.303 e. The summed E-state index contributed by atoms with van der Waals surface area (Å²) in [7, 11) is 0. The molecule has 1 atom stereocenters. The zero-order chi connectivity index (χ0) is 15.4. The van der Waals surface area contributed by atoms with Gasteiger partial charge in [0.15, 0.2) is 0 Å². The second-order valence-electron chi connectivity index (χ2n) is 8.21. The maximum Gasteiger partial charge on any atom is 0.0120 e. The van der Waals surface area contributed by atoms with Crippen LogP contribution in [-0.2, 0) is 0 Å². The summed E-state index contributed by atoms with van der Waals surface area (Å²) in [6.07, 6.45) is 8.44. The molecule has 0 N–H and O–H groups in total. The summed E-state index contributed by atoms with van der Waals surface area (Å²) in [5, 5.41) is 0. The van der Waals surface area contributed by atoms with Gasteiger partial charge in [-0.2, -0.15) is 0 Å². The molecule has 0 spiro atoms.